The van der Waals surface area contributed by atoms with Gasteiger partial charge in [-0.05, 0) is 30.3 Å². The number of aromatic carboxylic acids is 1. The molecule has 2 N–H and O–H groups in total. The van der Waals surface area contributed by atoms with Crippen molar-refractivity contribution < 1.29 is 24.5 Å². The highest BCUT2D eigenvalue weighted by molar-refractivity contribution is 5.93. The molecular weight excluding hydrogens is 324 g/mol. The summed E-state index contributed by atoms with van der Waals surface area (Å²) in [5.74, 6) is 0.676. The number of aliphatic hydroxyl groups is 1. The van der Waals surface area contributed by atoms with Crippen molar-refractivity contribution in [2.45, 2.75) is 6.54 Å². The van der Waals surface area contributed by atoms with Crippen LogP contribution in [0, 0.1) is 0 Å². The highest BCUT2D eigenvalue weighted by atomic mass is 16.5. The lowest BCUT2D eigenvalue weighted by Gasteiger charge is -2.14. The van der Waals surface area contributed by atoms with E-state index in [0.29, 0.717) is 33.9 Å². The average Bonchev–Trinajstić information content (AvgIpc) is 2.98. The van der Waals surface area contributed by atoms with Gasteiger partial charge in [0.25, 0.3) is 0 Å². The summed E-state index contributed by atoms with van der Waals surface area (Å²) in [7, 11) is 3.11. The van der Waals surface area contributed by atoms with Crippen molar-refractivity contribution in [1.29, 1.82) is 0 Å². The van der Waals surface area contributed by atoms with E-state index in [1.807, 2.05) is 6.07 Å². The standard InChI is InChI=1S/C18H18N2O5/c1-24-14-4-3-5-15(25-2)16(14)17-19-12-7-6-11(18(22)23)10-13(12)20(17)8-9-21/h3-7,10,21H,8-9H2,1-2H3,(H,22,23). The molecule has 0 aliphatic rings. The molecule has 0 aliphatic carbocycles. The number of hydrogen-bond acceptors (Lipinski definition) is 5. The number of ether oxygens (including phenoxy) is 2. The van der Waals surface area contributed by atoms with Crippen molar-refractivity contribution in [2.24, 2.45) is 0 Å². The number of fused-ring (bicyclic) bond motifs is 1. The average molecular weight is 342 g/mol. The Morgan fingerprint density at radius 3 is 2.40 bits per heavy atom. The number of carboxylic acid groups (broad SMARTS) is 1. The monoisotopic (exact) mass is 342 g/mol. The van der Waals surface area contributed by atoms with Crippen molar-refractivity contribution in [3.63, 3.8) is 0 Å². The molecule has 130 valence electrons. The number of benzene rings is 2. The molecule has 0 saturated carbocycles. The van der Waals surface area contributed by atoms with Crippen LogP contribution in [-0.4, -0.2) is 46.6 Å². The molecule has 0 fully saturated rings. The molecule has 0 unspecified atom stereocenters. The van der Waals surface area contributed by atoms with Crippen LogP contribution in [-0.2, 0) is 6.54 Å². The van der Waals surface area contributed by atoms with Crippen LogP contribution in [0.3, 0.4) is 0 Å². The van der Waals surface area contributed by atoms with Crippen molar-refractivity contribution in [1.82, 2.24) is 9.55 Å². The largest absolute Gasteiger partial charge is 0.496 e. The van der Waals surface area contributed by atoms with Gasteiger partial charge in [0.15, 0.2) is 0 Å². The van der Waals surface area contributed by atoms with Gasteiger partial charge in [0.2, 0.25) is 0 Å². The van der Waals surface area contributed by atoms with Crippen LogP contribution >= 0.6 is 0 Å². The van der Waals surface area contributed by atoms with Gasteiger partial charge in [0.1, 0.15) is 22.9 Å². The highest BCUT2D eigenvalue weighted by Gasteiger charge is 2.21. The predicted molar refractivity (Wildman–Crippen MR) is 92.3 cm³/mol. The number of aromatic nitrogens is 2. The Kier molecular flexibility index (Phi) is 4.58. The van der Waals surface area contributed by atoms with Crippen LogP contribution in [0.2, 0.25) is 0 Å². The smallest absolute Gasteiger partial charge is 0.335 e. The third-order valence-electron chi connectivity index (χ3n) is 3.97. The first-order valence-electron chi connectivity index (χ1n) is 7.66. The van der Waals surface area contributed by atoms with Crippen LogP contribution in [0.15, 0.2) is 36.4 Å². The highest BCUT2D eigenvalue weighted by Crippen LogP contribution is 2.39. The number of rotatable bonds is 6. The van der Waals surface area contributed by atoms with Gasteiger partial charge in [-0.2, -0.15) is 0 Å². The summed E-state index contributed by atoms with van der Waals surface area (Å²) in [6, 6.07) is 10.1. The van der Waals surface area contributed by atoms with E-state index in [0.717, 1.165) is 0 Å². The van der Waals surface area contributed by atoms with E-state index >= 15 is 0 Å². The summed E-state index contributed by atoms with van der Waals surface area (Å²) in [6.07, 6.45) is 0. The fourth-order valence-electron chi connectivity index (χ4n) is 2.84. The Bertz CT molecular complexity index is 910. The van der Waals surface area contributed by atoms with E-state index in [1.54, 1.807) is 43.1 Å². The van der Waals surface area contributed by atoms with E-state index in [1.165, 1.54) is 6.07 Å². The number of aliphatic hydroxyl groups excluding tert-OH is 1. The first kappa shape index (κ1) is 16.8. The van der Waals surface area contributed by atoms with Crippen LogP contribution in [0.5, 0.6) is 11.5 Å². The molecule has 7 nitrogen and oxygen atoms in total. The van der Waals surface area contributed by atoms with Crippen molar-refractivity contribution in [3.8, 4) is 22.9 Å². The topological polar surface area (TPSA) is 93.8 Å². The van der Waals surface area contributed by atoms with E-state index in [9.17, 15) is 15.0 Å². The molecule has 0 saturated heterocycles. The second-order valence-electron chi connectivity index (χ2n) is 5.36. The number of hydrogen-bond donors (Lipinski definition) is 2. The van der Waals surface area contributed by atoms with Crippen LogP contribution in [0.4, 0.5) is 0 Å². The molecule has 2 aromatic carbocycles. The number of methoxy groups -OCH3 is 2. The predicted octanol–water partition coefficient (Wildman–Crippen LogP) is 2.41. The summed E-state index contributed by atoms with van der Waals surface area (Å²) in [5.41, 5.74) is 2.05. The molecule has 7 heteroatoms. The molecule has 3 rings (SSSR count). The van der Waals surface area contributed by atoms with Gasteiger partial charge >= 0.3 is 5.97 Å². The number of nitrogens with zero attached hydrogens (tertiary/aromatic N) is 2. The molecule has 25 heavy (non-hydrogen) atoms. The summed E-state index contributed by atoms with van der Waals surface area (Å²) in [4.78, 5) is 15.9. The number of carbonyl (C=O) groups is 1. The molecule has 0 bridgehead atoms. The Morgan fingerprint density at radius 2 is 1.84 bits per heavy atom. The molecule has 1 aromatic heterocycles. The maximum Gasteiger partial charge on any atom is 0.335 e. The fraction of sp³-hybridized carbons (Fsp3) is 0.222. The molecule has 0 aliphatic heterocycles. The normalized spacial score (nSPS) is 10.8. The third kappa shape index (κ3) is 2.89. The summed E-state index contributed by atoms with van der Waals surface area (Å²) >= 11 is 0. The summed E-state index contributed by atoms with van der Waals surface area (Å²) in [6.45, 7) is 0.142. The Hall–Kier alpha value is -3.06. The first-order valence-corrected chi connectivity index (χ1v) is 7.66. The van der Waals surface area contributed by atoms with Crippen LogP contribution in [0.1, 0.15) is 10.4 Å². The van der Waals surface area contributed by atoms with Gasteiger partial charge < -0.3 is 24.3 Å². The fourth-order valence-corrected chi connectivity index (χ4v) is 2.84. The van der Waals surface area contributed by atoms with Gasteiger partial charge in [-0.25, -0.2) is 9.78 Å². The Balaban J connectivity index is 2.33. The lowest BCUT2D eigenvalue weighted by molar-refractivity contribution is 0.0697. The minimum Gasteiger partial charge on any atom is -0.496 e. The molecule has 0 atom stereocenters. The van der Waals surface area contributed by atoms with Crippen molar-refractivity contribution in [3.05, 3.63) is 42.0 Å². The summed E-state index contributed by atoms with van der Waals surface area (Å²) < 4.78 is 12.7. The lowest BCUT2D eigenvalue weighted by atomic mass is 10.1. The molecule has 3 aromatic rings. The number of imidazole rings is 1. The van der Waals surface area contributed by atoms with Gasteiger partial charge in [-0.3, -0.25) is 0 Å². The SMILES string of the molecule is COc1cccc(OC)c1-c1nc2ccc(C(=O)O)cc2n1CCO. The summed E-state index contributed by atoms with van der Waals surface area (Å²) in [5, 5.41) is 18.7. The lowest BCUT2D eigenvalue weighted by Crippen LogP contribution is -2.06. The minimum atomic E-state index is -1.02. The van der Waals surface area contributed by atoms with Gasteiger partial charge in [0, 0.05) is 6.54 Å². The molecule has 0 spiro atoms. The van der Waals surface area contributed by atoms with Gasteiger partial charge in [-0.15, -0.1) is 0 Å². The molecule has 0 radical (unpaired) electrons. The quantitative estimate of drug-likeness (QED) is 0.714. The van der Waals surface area contributed by atoms with E-state index in [-0.39, 0.29) is 18.7 Å². The third-order valence-corrected chi connectivity index (χ3v) is 3.97. The molecular formula is C18H18N2O5. The van der Waals surface area contributed by atoms with Crippen molar-refractivity contribution >= 4 is 17.0 Å². The first-order chi connectivity index (χ1) is 12.1. The second-order valence-corrected chi connectivity index (χ2v) is 5.36. The zero-order chi connectivity index (χ0) is 18.0. The van der Waals surface area contributed by atoms with E-state index < -0.39 is 5.97 Å². The van der Waals surface area contributed by atoms with Crippen molar-refractivity contribution in [2.75, 3.05) is 20.8 Å². The second kappa shape index (κ2) is 6.82. The zero-order valence-electron chi connectivity index (χ0n) is 13.9. The Labute approximate surface area is 144 Å². The van der Waals surface area contributed by atoms with Gasteiger partial charge in [-0.1, -0.05) is 6.07 Å². The van der Waals surface area contributed by atoms with E-state index in [4.69, 9.17) is 9.47 Å². The maximum atomic E-state index is 11.3. The number of carboxylic acids is 1. The molecule has 1 heterocycles. The van der Waals surface area contributed by atoms with E-state index in [2.05, 4.69) is 4.98 Å². The van der Waals surface area contributed by atoms with Gasteiger partial charge in [0.05, 0.1) is 37.4 Å². The zero-order valence-corrected chi connectivity index (χ0v) is 13.9. The van der Waals surface area contributed by atoms with Crippen LogP contribution < -0.4 is 9.47 Å². The maximum absolute atomic E-state index is 11.3. The van der Waals surface area contributed by atoms with Crippen LogP contribution in [0.25, 0.3) is 22.4 Å². The molecule has 0 amide bonds. The Morgan fingerprint density at radius 1 is 1.16 bits per heavy atom. The minimum absolute atomic E-state index is 0.118.